The van der Waals surface area contributed by atoms with Crippen molar-refractivity contribution in [1.82, 2.24) is 10.0 Å². The minimum atomic E-state index is -3.54. The molecule has 0 saturated heterocycles. The van der Waals surface area contributed by atoms with Gasteiger partial charge in [0.25, 0.3) is 5.91 Å². The van der Waals surface area contributed by atoms with Crippen molar-refractivity contribution in [2.75, 3.05) is 19.4 Å². The van der Waals surface area contributed by atoms with E-state index in [1.807, 2.05) is 0 Å². The molecule has 0 saturated carbocycles. The maximum absolute atomic E-state index is 12.8. The molecule has 0 aromatic heterocycles. The smallest absolute Gasteiger partial charge is 0.251 e. The number of benzene rings is 2. The lowest BCUT2D eigenvalue weighted by Crippen LogP contribution is -2.34. The van der Waals surface area contributed by atoms with E-state index in [0.717, 1.165) is 5.56 Å². The summed E-state index contributed by atoms with van der Waals surface area (Å²) in [6.07, 6.45) is 0. The van der Waals surface area contributed by atoms with Crippen molar-refractivity contribution in [3.05, 3.63) is 65.5 Å². The maximum atomic E-state index is 12.8. The minimum Gasteiger partial charge on any atom is -0.497 e. The molecule has 0 radical (unpaired) electrons. The number of ether oxygens (including phenoxy) is 1. The van der Waals surface area contributed by atoms with Gasteiger partial charge in [-0.3, -0.25) is 4.79 Å². The molecular formula is C17H19FN2O4S. The van der Waals surface area contributed by atoms with E-state index < -0.39 is 21.7 Å². The number of amides is 1. The van der Waals surface area contributed by atoms with Crippen molar-refractivity contribution >= 4 is 15.9 Å². The zero-order valence-electron chi connectivity index (χ0n) is 13.7. The Morgan fingerprint density at radius 2 is 1.72 bits per heavy atom. The maximum Gasteiger partial charge on any atom is 0.251 e. The largest absolute Gasteiger partial charge is 0.497 e. The summed E-state index contributed by atoms with van der Waals surface area (Å²) in [6.45, 7) is 0.104. The Labute approximate surface area is 146 Å². The quantitative estimate of drug-likeness (QED) is 0.745. The fourth-order valence-electron chi connectivity index (χ4n) is 2.01. The van der Waals surface area contributed by atoms with Crippen LogP contribution in [0, 0.1) is 5.82 Å². The molecule has 0 heterocycles. The molecule has 1 amide bonds. The van der Waals surface area contributed by atoms with Crippen LogP contribution in [0.5, 0.6) is 5.75 Å². The van der Waals surface area contributed by atoms with Crippen LogP contribution in [-0.2, 0) is 16.6 Å². The molecule has 6 nitrogen and oxygen atoms in total. The van der Waals surface area contributed by atoms with Crippen molar-refractivity contribution in [1.29, 1.82) is 0 Å². The Balaban J connectivity index is 1.78. The summed E-state index contributed by atoms with van der Waals surface area (Å²) in [5.41, 5.74) is 1.06. The van der Waals surface area contributed by atoms with Gasteiger partial charge in [0, 0.05) is 18.7 Å². The van der Waals surface area contributed by atoms with Crippen LogP contribution in [0.15, 0.2) is 48.5 Å². The molecule has 0 spiro atoms. The Morgan fingerprint density at radius 3 is 2.32 bits per heavy atom. The van der Waals surface area contributed by atoms with Crippen LogP contribution in [0.1, 0.15) is 15.9 Å². The summed E-state index contributed by atoms with van der Waals surface area (Å²) in [6, 6.07) is 12.0. The van der Waals surface area contributed by atoms with E-state index in [9.17, 15) is 17.6 Å². The normalized spacial score (nSPS) is 11.1. The fraction of sp³-hybridized carbons (Fsp3) is 0.235. The summed E-state index contributed by atoms with van der Waals surface area (Å²) in [5, 5.41) is 2.49. The van der Waals surface area contributed by atoms with Gasteiger partial charge in [0.2, 0.25) is 10.0 Å². The first-order chi connectivity index (χ1) is 11.9. The summed E-state index contributed by atoms with van der Waals surface area (Å²) in [7, 11) is -1.98. The Bertz CT molecular complexity index is 806. The van der Waals surface area contributed by atoms with Gasteiger partial charge in [0.05, 0.1) is 12.9 Å². The van der Waals surface area contributed by atoms with Crippen LogP contribution < -0.4 is 14.8 Å². The molecule has 2 aromatic carbocycles. The van der Waals surface area contributed by atoms with E-state index in [2.05, 4.69) is 10.0 Å². The Morgan fingerprint density at radius 1 is 1.08 bits per heavy atom. The van der Waals surface area contributed by atoms with Gasteiger partial charge in [-0.25, -0.2) is 17.5 Å². The van der Waals surface area contributed by atoms with Gasteiger partial charge in [0.15, 0.2) is 0 Å². The van der Waals surface area contributed by atoms with Crippen LogP contribution in [0.25, 0.3) is 0 Å². The van der Waals surface area contributed by atoms with Crippen LogP contribution in [0.3, 0.4) is 0 Å². The number of hydrogen-bond donors (Lipinski definition) is 2. The molecule has 0 aliphatic heterocycles. The number of hydrogen-bond acceptors (Lipinski definition) is 4. The molecule has 2 aromatic rings. The zero-order chi connectivity index (χ0) is 18.3. The topological polar surface area (TPSA) is 84.5 Å². The first kappa shape index (κ1) is 18.9. The van der Waals surface area contributed by atoms with Crippen molar-refractivity contribution in [2.24, 2.45) is 0 Å². The second kappa shape index (κ2) is 8.59. The van der Waals surface area contributed by atoms with E-state index in [1.54, 1.807) is 31.4 Å². The molecule has 0 aliphatic carbocycles. The van der Waals surface area contributed by atoms with Gasteiger partial charge < -0.3 is 10.1 Å². The molecule has 2 rings (SSSR count). The van der Waals surface area contributed by atoms with Gasteiger partial charge in [-0.15, -0.1) is 0 Å². The van der Waals surface area contributed by atoms with Crippen LogP contribution in [0.4, 0.5) is 4.39 Å². The fourth-order valence-corrected chi connectivity index (χ4v) is 2.91. The van der Waals surface area contributed by atoms with E-state index in [4.69, 9.17) is 4.74 Å². The number of nitrogens with one attached hydrogen (secondary N) is 2. The summed E-state index contributed by atoms with van der Waals surface area (Å²) >= 11 is 0. The number of carbonyl (C=O) groups is 1. The van der Waals surface area contributed by atoms with Crippen LogP contribution >= 0.6 is 0 Å². The monoisotopic (exact) mass is 366 g/mol. The second-order valence-electron chi connectivity index (χ2n) is 5.25. The molecule has 2 N–H and O–H groups in total. The highest BCUT2D eigenvalue weighted by Crippen LogP contribution is 2.11. The first-order valence-corrected chi connectivity index (χ1v) is 9.19. The third-order valence-corrected chi connectivity index (χ3v) is 4.74. The molecule has 8 heteroatoms. The third-order valence-electron chi connectivity index (χ3n) is 3.42. The highest BCUT2D eigenvalue weighted by molar-refractivity contribution is 7.89. The van der Waals surface area contributed by atoms with Crippen molar-refractivity contribution in [3.63, 3.8) is 0 Å². The zero-order valence-corrected chi connectivity index (χ0v) is 14.5. The molecular weight excluding hydrogens is 347 g/mol. The predicted octanol–water partition coefficient (Wildman–Crippen LogP) is 1.68. The molecule has 0 aliphatic rings. The average molecular weight is 366 g/mol. The molecule has 134 valence electrons. The Kier molecular flexibility index (Phi) is 6.49. The van der Waals surface area contributed by atoms with Crippen LogP contribution in [-0.4, -0.2) is 33.7 Å². The van der Waals surface area contributed by atoms with E-state index in [-0.39, 0.29) is 24.4 Å². The summed E-state index contributed by atoms with van der Waals surface area (Å²) in [4.78, 5) is 11.8. The van der Waals surface area contributed by atoms with Gasteiger partial charge in [-0.2, -0.15) is 0 Å². The minimum absolute atomic E-state index is 0.0475. The first-order valence-electron chi connectivity index (χ1n) is 7.54. The highest BCUT2D eigenvalue weighted by atomic mass is 32.2. The third kappa shape index (κ3) is 6.17. The highest BCUT2D eigenvalue weighted by Gasteiger charge is 2.12. The van der Waals surface area contributed by atoms with Gasteiger partial charge in [-0.05, 0) is 42.0 Å². The van der Waals surface area contributed by atoms with Crippen molar-refractivity contribution in [2.45, 2.75) is 6.54 Å². The number of rotatable bonds is 8. The molecule has 0 fully saturated rings. The Hall–Kier alpha value is -2.45. The van der Waals surface area contributed by atoms with Crippen LogP contribution in [0.2, 0.25) is 0 Å². The molecule has 0 bridgehead atoms. The lowest BCUT2D eigenvalue weighted by Gasteiger charge is -2.09. The molecule has 25 heavy (non-hydrogen) atoms. The van der Waals surface area contributed by atoms with Crippen molar-refractivity contribution < 1.29 is 22.3 Å². The number of sulfonamides is 1. The average Bonchev–Trinajstić information content (AvgIpc) is 2.61. The standard InChI is InChI=1S/C17H19FN2O4S/c1-24-16-8-2-13(3-9-16)12-20-25(22,23)11-10-19-17(21)14-4-6-15(18)7-5-14/h2-9,20H,10-12H2,1H3,(H,19,21). The summed E-state index contributed by atoms with van der Waals surface area (Å²) in [5.74, 6) is -0.460. The molecule has 0 unspecified atom stereocenters. The molecule has 0 atom stereocenters. The van der Waals surface area contributed by atoms with E-state index in [1.165, 1.54) is 24.3 Å². The second-order valence-corrected chi connectivity index (χ2v) is 7.18. The number of halogens is 1. The van der Waals surface area contributed by atoms with Gasteiger partial charge >= 0.3 is 0 Å². The predicted molar refractivity (Wildman–Crippen MR) is 92.4 cm³/mol. The van der Waals surface area contributed by atoms with E-state index >= 15 is 0 Å². The van der Waals surface area contributed by atoms with Gasteiger partial charge in [-0.1, -0.05) is 12.1 Å². The van der Waals surface area contributed by atoms with Gasteiger partial charge in [0.1, 0.15) is 11.6 Å². The lowest BCUT2D eigenvalue weighted by atomic mass is 10.2. The number of methoxy groups -OCH3 is 1. The van der Waals surface area contributed by atoms with Crippen molar-refractivity contribution in [3.8, 4) is 5.75 Å². The SMILES string of the molecule is COc1ccc(CNS(=O)(=O)CCNC(=O)c2ccc(F)cc2)cc1. The summed E-state index contributed by atoms with van der Waals surface area (Å²) < 4.78 is 44.2. The van der Waals surface area contributed by atoms with E-state index in [0.29, 0.717) is 5.75 Å². The number of carbonyl (C=O) groups excluding carboxylic acids is 1. The lowest BCUT2D eigenvalue weighted by molar-refractivity contribution is 0.0956.